The Morgan fingerprint density at radius 3 is 2.38 bits per heavy atom. The molecule has 3 heteroatoms. The predicted molar refractivity (Wildman–Crippen MR) is 96.7 cm³/mol. The molecule has 1 amide bonds. The first-order chi connectivity index (χ1) is 11.8. The van der Waals surface area contributed by atoms with Crippen LogP contribution in [0.5, 0.6) is 11.5 Å². The van der Waals surface area contributed by atoms with Crippen LogP contribution < -0.4 is 10.1 Å². The van der Waals surface area contributed by atoms with Crippen LogP contribution in [0.25, 0.3) is 0 Å². The van der Waals surface area contributed by atoms with Crippen molar-refractivity contribution in [3.8, 4) is 11.5 Å². The largest absolute Gasteiger partial charge is 0.457 e. The maximum Gasteiger partial charge on any atom is 0.255 e. The zero-order chi connectivity index (χ0) is 16.8. The Bertz CT molecular complexity index is 828. The number of amides is 1. The van der Waals surface area contributed by atoms with Crippen molar-refractivity contribution in [3.63, 3.8) is 0 Å². The van der Waals surface area contributed by atoms with E-state index in [1.54, 1.807) is 12.1 Å². The number of hydrogen-bond donors (Lipinski definition) is 1. The van der Waals surface area contributed by atoms with Gasteiger partial charge in [-0.1, -0.05) is 49.4 Å². The monoisotopic (exact) mass is 317 g/mol. The van der Waals surface area contributed by atoms with Gasteiger partial charge in [0.25, 0.3) is 5.91 Å². The van der Waals surface area contributed by atoms with E-state index < -0.39 is 0 Å². The van der Waals surface area contributed by atoms with E-state index in [1.165, 1.54) is 0 Å². The first-order valence-corrected chi connectivity index (χ1v) is 7.98. The number of rotatable bonds is 5. The molecule has 3 nitrogen and oxygen atoms in total. The summed E-state index contributed by atoms with van der Waals surface area (Å²) in [5.41, 5.74) is 2.52. The molecule has 0 radical (unpaired) electrons. The number of nitrogens with one attached hydrogen (secondary N) is 1. The van der Waals surface area contributed by atoms with Gasteiger partial charge in [-0.3, -0.25) is 4.79 Å². The fourth-order valence-electron chi connectivity index (χ4n) is 2.47. The van der Waals surface area contributed by atoms with Gasteiger partial charge >= 0.3 is 0 Å². The molecule has 0 spiro atoms. The molecule has 0 aliphatic heterocycles. The fraction of sp³-hybridized carbons (Fsp3) is 0.0952. The lowest BCUT2D eigenvalue weighted by Crippen LogP contribution is -2.13. The molecule has 0 heterocycles. The third-order valence-corrected chi connectivity index (χ3v) is 3.72. The van der Waals surface area contributed by atoms with Gasteiger partial charge in [0.05, 0.1) is 0 Å². The molecule has 0 fully saturated rings. The van der Waals surface area contributed by atoms with Crippen molar-refractivity contribution in [3.05, 3.63) is 90.0 Å². The Balaban J connectivity index is 1.77. The Labute approximate surface area is 141 Å². The van der Waals surface area contributed by atoms with E-state index in [2.05, 4.69) is 12.2 Å². The van der Waals surface area contributed by atoms with E-state index in [0.29, 0.717) is 11.3 Å². The van der Waals surface area contributed by atoms with Gasteiger partial charge in [0.15, 0.2) is 0 Å². The molecule has 0 bridgehead atoms. The molecule has 0 atom stereocenters. The molecular weight excluding hydrogens is 298 g/mol. The van der Waals surface area contributed by atoms with Gasteiger partial charge in [-0.25, -0.2) is 0 Å². The standard InChI is InChI=1S/C21H19NO2/c1-2-16-9-6-7-14-20(16)22-21(23)17-10-8-13-19(15-17)24-18-11-4-3-5-12-18/h3-15H,2H2,1H3,(H,22,23). The molecule has 0 unspecified atom stereocenters. The summed E-state index contributed by atoms with van der Waals surface area (Å²) in [7, 11) is 0. The van der Waals surface area contributed by atoms with Crippen molar-refractivity contribution in [2.24, 2.45) is 0 Å². The Morgan fingerprint density at radius 1 is 0.875 bits per heavy atom. The number of carbonyl (C=O) groups is 1. The van der Waals surface area contributed by atoms with Gasteiger partial charge in [0, 0.05) is 11.3 Å². The van der Waals surface area contributed by atoms with Crippen molar-refractivity contribution >= 4 is 11.6 Å². The van der Waals surface area contributed by atoms with Crippen LogP contribution in [-0.4, -0.2) is 5.91 Å². The number of ether oxygens (including phenoxy) is 1. The van der Waals surface area contributed by atoms with E-state index in [4.69, 9.17) is 4.74 Å². The molecule has 0 aliphatic rings. The van der Waals surface area contributed by atoms with Crippen molar-refractivity contribution < 1.29 is 9.53 Å². The van der Waals surface area contributed by atoms with Gasteiger partial charge < -0.3 is 10.1 Å². The minimum atomic E-state index is -0.144. The van der Waals surface area contributed by atoms with E-state index in [9.17, 15) is 4.79 Å². The highest BCUT2D eigenvalue weighted by Crippen LogP contribution is 2.23. The zero-order valence-electron chi connectivity index (χ0n) is 13.5. The molecule has 0 saturated heterocycles. The summed E-state index contributed by atoms with van der Waals surface area (Å²) in [5, 5.41) is 2.97. The first kappa shape index (κ1) is 15.8. The maximum absolute atomic E-state index is 12.5. The normalized spacial score (nSPS) is 10.2. The highest BCUT2D eigenvalue weighted by Gasteiger charge is 2.09. The molecule has 3 aromatic rings. The minimum absolute atomic E-state index is 0.144. The molecule has 0 aromatic heterocycles. The van der Waals surface area contributed by atoms with Crippen LogP contribution in [-0.2, 0) is 6.42 Å². The summed E-state index contributed by atoms with van der Waals surface area (Å²) in [6.45, 7) is 2.07. The highest BCUT2D eigenvalue weighted by molar-refractivity contribution is 6.04. The SMILES string of the molecule is CCc1ccccc1NC(=O)c1cccc(Oc2ccccc2)c1. The van der Waals surface area contributed by atoms with E-state index in [0.717, 1.165) is 23.4 Å². The topological polar surface area (TPSA) is 38.3 Å². The van der Waals surface area contributed by atoms with Crippen LogP contribution in [0.3, 0.4) is 0 Å². The van der Waals surface area contributed by atoms with Gasteiger partial charge in [-0.15, -0.1) is 0 Å². The lowest BCUT2D eigenvalue weighted by molar-refractivity contribution is 0.102. The van der Waals surface area contributed by atoms with Crippen LogP contribution >= 0.6 is 0 Å². The van der Waals surface area contributed by atoms with Gasteiger partial charge in [-0.2, -0.15) is 0 Å². The molecule has 24 heavy (non-hydrogen) atoms. The molecule has 3 rings (SSSR count). The summed E-state index contributed by atoms with van der Waals surface area (Å²) < 4.78 is 5.78. The minimum Gasteiger partial charge on any atom is -0.457 e. The number of benzene rings is 3. The van der Waals surface area contributed by atoms with Crippen LogP contribution in [0.1, 0.15) is 22.8 Å². The second kappa shape index (κ2) is 7.47. The Morgan fingerprint density at radius 2 is 1.58 bits per heavy atom. The molecule has 1 N–H and O–H groups in total. The second-order valence-electron chi connectivity index (χ2n) is 5.41. The lowest BCUT2D eigenvalue weighted by atomic mass is 10.1. The predicted octanol–water partition coefficient (Wildman–Crippen LogP) is 5.29. The summed E-state index contributed by atoms with van der Waals surface area (Å²) >= 11 is 0. The fourth-order valence-corrected chi connectivity index (χ4v) is 2.47. The van der Waals surface area contributed by atoms with Crippen molar-refractivity contribution in [2.45, 2.75) is 13.3 Å². The summed E-state index contributed by atoms with van der Waals surface area (Å²) in [6.07, 6.45) is 0.869. The van der Waals surface area contributed by atoms with Crippen LogP contribution in [0.15, 0.2) is 78.9 Å². The van der Waals surface area contributed by atoms with E-state index in [1.807, 2.05) is 66.7 Å². The van der Waals surface area contributed by atoms with Crippen molar-refractivity contribution in [1.29, 1.82) is 0 Å². The Kier molecular flexibility index (Phi) is 4.92. The maximum atomic E-state index is 12.5. The van der Waals surface area contributed by atoms with E-state index in [-0.39, 0.29) is 5.91 Å². The average molecular weight is 317 g/mol. The van der Waals surface area contributed by atoms with Gasteiger partial charge in [0.1, 0.15) is 11.5 Å². The molecule has 0 aliphatic carbocycles. The number of carbonyl (C=O) groups excluding carboxylic acids is 1. The lowest BCUT2D eigenvalue weighted by Gasteiger charge is -2.11. The first-order valence-electron chi connectivity index (χ1n) is 7.98. The van der Waals surface area contributed by atoms with Gasteiger partial charge in [-0.05, 0) is 48.4 Å². The molecule has 120 valence electrons. The number of hydrogen-bond acceptors (Lipinski definition) is 2. The third-order valence-electron chi connectivity index (χ3n) is 3.72. The molecule has 3 aromatic carbocycles. The van der Waals surface area contributed by atoms with E-state index >= 15 is 0 Å². The van der Waals surface area contributed by atoms with Crippen LogP contribution in [0.4, 0.5) is 5.69 Å². The summed E-state index contributed by atoms with van der Waals surface area (Å²) in [4.78, 5) is 12.5. The Hall–Kier alpha value is -3.07. The highest BCUT2D eigenvalue weighted by atomic mass is 16.5. The molecular formula is C21H19NO2. The average Bonchev–Trinajstić information content (AvgIpc) is 2.63. The number of anilines is 1. The zero-order valence-corrected chi connectivity index (χ0v) is 13.5. The molecule has 0 saturated carbocycles. The number of aryl methyl sites for hydroxylation is 1. The number of para-hydroxylation sites is 2. The van der Waals surface area contributed by atoms with Crippen molar-refractivity contribution in [1.82, 2.24) is 0 Å². The quantitative estimate of drug-likeness (QED) is 0.694. The van der Waals surface area contributed by atoms with Gasteiger partial charge in [0.2, 0.25) is 0 Å². The van der Waals surface area contributed by atoms with Crippen molar-refractivity contribution in [2.75, 3.05) is 5.32 Å². The summed E-state index contributed by atoms with van der Waals surface area (Å²) in [6, 6.07) is 24.5. The summed E-state index contributed by atoms with van der Waals surface area (Å²) in [5.74, 6) is 1.23. The third kappa shape index (κ3) is 3.82. The second-order valence-corrected chi connectivity index (χ2v) is 5.41. The smallest absolute Gasteiger partial charge is 0.255 e. The van der Waals surface area contributed by atoms with Crippen LogP contribution in [0, 0.1) is 0 Å². The van der Waals surface area contributed by atoms with Crippen LogP contribution in [0.2, 0.25) is 0 Å².